The standard InChI is InChI=1S/C14H21N3O/c1-17(11-13-8-4-5-9-15-13)14(18)10-16-12-6-2-3-7-12/h4-5,8-9,12,16H,2-3,6-7,10-11H2,1H3. The summed E-state index contributed by atoms with van der Waals surface area (Å²) in [5.74, 6) is 0.132. The van der Waals surface area contributed by atoms with Crippen LogP contribution < -0.4 is 5.32 Å². The lowest BCUT2D eigenvalue weighted by molar-refractivity contribution is -0.129. The third-order valence-corrected chi connectivity index (χ3v) is 3.45. The van der Waals surface area contributed by atoms with Gasteiger partial charge in [-0.2, -0.15) is 0 Å². The van der Waals surface area contributed by atoms with Crippen molar-refractivity contribution in [1.29, 1.82) is 0 Å². The van der Waals surface area contributed by atoms with Crippen molar-refractivity contribution < 1.29 is 4.79 Å². The average Bonchev–Trinajstić information content (AvgIpc) is 2.90. The van der Waals surface area contributed by atoms with Gasteiger partial charge in [0.15, 0.2) is 0 Å². The maximum Gasteiger partial charge on any atom is 0.236 e. The van der Waals surface area contributed by atoms with Crippen molar-refractivity contribution in [1.82, 2.24) is 15.2 Å². The fourth-order valence-corrected chi connectivity index (χ4v) is 2.32. The number of amides is 1. The summed E-state index contributed by atoms with van der Waals surface area (Å²) in [5, 5.41) is 3.34. The molecule has 1 fully saturated rings. The molecule has 0 aliphatic heterocycles. The van der Waals surface area contributed by atoms with Gasteiger partial charge in [0.05, 0.1) is 18.8 Å². The van der Waals surface area contributed by atoms with Gasteiger partial charge in [-0.15, -0.1) is 0 Å². The van der Waals surface area contributed by atoms with Gasteiger partial charge in [-0.05, 0) is 25.0 Å². The van der Waals surface area contributed by atoms with Crippen molar-refractivity contribution in [2.24, 2.45) is 0 Å². The van der Waals surface area contributed by atoms with Gasteiger partial charge in [-0.25, -0.2) is 0 Å². The summed E-state index contributed by atoms with van der Waals surface area (Å²) < 4.78 is 0. The molecular weight excluding hydrogens is 226 g/mol. The lowest BCUT2D eigenvalue weighted by Crippen LogP contribution is -2.38. The largest absolute Gasteiger partial charge is 0.339 e. The van der Waals surface area contributed by atoms with Crippen LogP contribution in [0.1, 0.15) is 31.4 Å². The Morgan fingerprint density at radius 1 is 1.44 bits per heavy atom. The van der Waals surface area contributed by atoms with Crippen LogP contribution in [0.2, 0.25) is 0 Å². The minimum Gasteiger partial charge on any atom is -0.339 e. The first-order valence-corrected chi connectivity index (χ1v) is 6.63. The zero-order chi connectivity index (χ0) is 12.8. The van der Waals surface area contributed by atoms with Crippen LogP contribution in [0.5, 0.6) is 0 Å². The Balaban J connectivity index is 1.74. The van der Waals surface area contributed by atoms with Crippen LogP contribution in [0.15, 0.2) is 24.4 Å². The van der Waals surface area contributed by atoms with E-state index in [0.717, 1.165) is 5.69 Å². The molecule has 0 atom stereocenters. The number of likely N-dealkylation sites (N-methyl/N-ethyl adjacent to an activating group) is 1. The van der Waals surface area contributed by atoms with Gasteiger partial charge in [0.25, 0.3) is 0 Å². The van der Waals surface area contributed by atoms with E-state index in [1.54, 1.807) is 11.1 Å². The molecule has 18 heavy (non-hydrogen) atoms. The van der Waals surface area contributed by atoms with E-state index in [4.69, 9.17) is 0 Å². The number of hydrogen-bond donors (Lipinski definition) is 1. The van der Waals surface area contributed by atoms with E-state index in [1.807, 2.05) is 25.2 Å². The van der Waals surface area contributed by atoms with E-state index >= 15 is 0 Å². The van der Waals surface area contributed by atoms with Crippen LogP contribution in [0.25, 0.3) is 0 Å². The molecule has 0 unspecified atom stereocenters. The molecule has 1 aliphatic carbocycles. The molecule has 2 rings (SSSR count). The molecule has 1 aliphatic rings. The highest BCUT2D eigenvalue weighted by Crippen LogP contribution is 2.17. The van der Waals surface area contributed by atoms with Crippen LogP contribution in [0.4, 0.5) is 0 Å². The Bertz CT molecular complexity index is 374. The first kappa shape index (κ1) is 13.0. The van der Waals surface area contributed by atoms with Gasteiger partial charge >= 0.3 is 0 Å². The van der Waals surface area contributed by atoms with E-state index in [2.05, 4.69) is 10.3 Å². The summed E-state index contributed by atoms with van der Waals surface area (Å²) in [7, 11) is 1.83. The highest BCUT2D eigenvalue weighted by Gasteiger charge is 2.16. The predicted molar refractivity (Wildman–Crippen MR) is 71.0 cm³/mol. The van der Waals surface area contributed by atoms with Crippen molar-refractivity contribution in [3.05, 3.63) is 30.1 Å². The Morgan fingerprint density at radius 3 is 2.89 bits per heavy atom. The lowest BCUT2D eigenvalue weighted by atomic mass is 10.2. The van der Waals surface area contributed by atoms with Crippen molar-refractivity contribution in [2.45, 2.75) is 38.3 Å². The monoisotopic (exact) mass is 247 g/mol. The predicted octanol–water partition coefficient (Wildman–Crippen LogP) is 1.57. The number of hydrogen-bond acceptors (Lipinski definition) is 3. The van der Waals surface area contributed by atoms with Gasteiger partial charge in [0.2, 0.25) is 5.91 Å². The maximum atomic E-state index is 11.9. The highest BCUT2D eigenvalue weighted by molar-refractivity contribution is 5.77. The fraction of sp³-hybridized carbons (Fsp3) is 0.571. The molecule has 0 saturated heterocycles. The van der Waals surface area contributed by atoms with Crippen molar-refractivity contribution >= 4 is 5.91 Å². The van der Waals surface area contributed by atoms with Crippen LogP contribution >= 0.6 is 0 Å². The summed E-state index contributed by atoms with van der Waals surface area (Å²) in [6, 6.07) is 6.30. The minimum absolute atomic E-state index is 0.132. The van der Waals surface area contributed by atoms with Crippen molar-refractivity contribution in [2.75, 3.05) is 13.6 Å². The SMILES string of the molecule is CN(Cc1ccccn1)C(=O)CNC1CCCC1. The van der Waals surface area contributed by atoms with Crippen LogP contribution in [0, 0.1) is 0 Å². The zero-order valence-corrected chi connectivity index (χ0v) is 10.9. The molecule has 0 spiro atoms. The Morgan fingerprint density at radius 2 is 2.22 bits per heavy atom. The molecule has 0 aromatic carbocycles. The first-order chi connectivity index (χ1) is 8.75. The van der Waals surface area contributed by atoms with E-state index in [-0.39, 0.29) is 5.91 Å². The van der Waals surface area contributed by atoms with Gasteiger partial charge in [-0.1, -0.05) is 18.9 Å². The summed E-state index contributed by atoms with van der Waals surface area (Å²) >= 11 is 0. The van der Waals surface area contributed by atoms with Gasteiger partial charge in [0.1, 0.15) is 0 Å². The number of carbonyl (C=O) groups is 1. The molecule has 1 amide bonds. The second-order valence-electron chi connectivity index (χ2n) is 4.93. The molecule has 1 N–H and O–H groups in total. The van der Waals surface area contributed by atoms with Crippen LogP contribution in [-0.2, 0) is 11.3 Å². The summed E-state index contributed by atoms with van der Waals surface area (Å²) in [6.45, 7) is 1.01. The van der Waals surface area contributed by atoms with E-state index in [1.165, 1.54) is 25.7 Å². The van der Waals surface area contributed by atoms with E-state index < -0.39 is 0 Å². The van der Waals surface area contributed by atoms with Crippen LogP contribution in [0.3, 0.4) is 0 Å². The van der Waals surface area contributed by atoms with Crippen LogP contribution in [-0.4, -0.2) is 35.4 Å². The van der Waals surface area contributed by atoms with E-state index in [0.29, 0.717) is 19.1 Å². The lowest BCUT2D eigenvalue weighted by Gasteiger charge is -2.18. The number of nitrogens with one attached hydrogen (secondary N) is 1. The highest BCUT2D eigenvalue weighted by atomic mass is 16.2. The maximum absolute atomic E-state index is 11.9. The summed E-state index contributed by atoms with van der Waals surface area (Å²) in [5.41, 5.74) is 0.925. The summed E-state index contributed by atoms with van der Waals surface area (Å²) in [6.07, 6.45) is 6.74. The molecule has 4 nitrogen and oxygen atoms in total. The molecule has 1 aromatic rings. The number of aromatic nitrogens is 1. The number of rotatable bonds is 5. The van der Waals surface area contributed by atoms with Gasteiger partial charge in [0, 0.05) is 19.3 Å². The topological polar surface area (TPSA) is 45.2 Å². The number of carbonyl (C=O) groups excluding carboxylic acids is 1. The third-order valence-electron chi connectivity index (χ3n) is 3.45. The van der Waals surface area contributed by atoms with Gasteiger partial charge in [-0.3, -0.25) is 9.78 Å². The molecule has 0 bridgehead atoms. The fourth-order valence-electron chi connectivity index (χ4n) is 2.32. The zero-order valence-electron chi connectivity index (χ0n) is 10.9. The normalized spacial score (nSPS) is 15.8. The second kappa shape index (κ2) is 6.50. The number of nitrogens with zero attached hydrogens (tertiary/aromatic N) is 2. The Kier molecular flexibility index (Phi) is 4.70. The van der Waals surface area contributed by atoms with Crippen molar-refractivity contribution in [3.63, 3.8) is 0 Å². The third kappa shape index (κ3) is 3.81. The molecule has 1 saturated carbocycles. The Labute approximate surface area is 108 Å². The smallest absolute Gasteiger partial charge is 0.236 e. The molecule has 1 aromatic heterocycles. The quantitative estimate of drug-likeness (QED) is 0.859. The molecule has 0 radical (unpaired) electrons. The van der Waals surface area contributed by atoms with E-state index in [9.17, 15) is 4.79 Å². The Hall–Kier alpha value is -1.42. The number of pyridine rings is 1. The first-order valence-electron chi connectivity index (χ1n) is 6.63. The minimum atomic E-state index is 0.132. The molecular formula is C14H21N3O. The molecule has 1 heterocycles. The van der Waals surface area contributed by atoms with Crippen molar-refractivity contribution in [3.8, 4) is 0 Å². The second-order valence-corrected chi connectivity index (χ2v) is 4.93. The van der Waals surface area contributed by atoms with Gasteiger partial charge < -0.3 is 10.2 Å². The summed E-state index contributed by atoms with van der Waals surface area (Å²) in [4.78, 5) is 17.9. The molecule has 98 valence electrons. The average molecular weight is 247 g/mol. The molecule has 4 heteroatoms.